The molecule has 0 radical (unpaired) electrons. The Balaban J connectivity index is 1.56. The fraction of sp³-hybridized carbons (Fsp3) is 0.900. The highest BCUT2D eigenvalue weighted by Crippen LogP contribution is 2.36. The summed E-state index contributed by atoms with van der Waals surface area (Å²) in [4.78, 5) is 0. The minimum Gasteiger partial charge on any atom is -0.378 e. The molecule has 0 N–H and O–H groups in total. The molecule has 0 aliphatic heterocycles. The molecule has 0 bridgehead atoms. The minimum atomic E-state index is 0.581. The van der Waals surface area contributed by atoms with Gasteiger partial charge in [0.1, 0.15) is 0 Å². The summed E-state index contributed by atoms with van der Waals surface area (Å²) in [6.45, 7) is 5.33. The van der Waals surface area contributed by atoms with Gasteiger partial charge in [-0.2, -0.15) is 0 Å². The maximum Gasteiger partial charge on any atom is 0.0575 e. The zero-order valence-electron chi connectivity index (χ0n) is 14.4. The molecule has 0 heterocycles. The zero-order valence-corrected chi connectivity index (χ0v) is 14.4. The van der Waals surface area contributed by atoms with Crippen LogP contribution in [0.25, 0.3) is 0 Å². The molecule has 0 spiro atoms. The first-order chi connectivity index (χ1) is 10.3. The molecule has 0 aromatic carbocycles. The third-order valence-corrected chi connectivity index (χ3v) is 5.69. The van der Waals surface area contributed by atoms with Gasteiger partial charge in [0.05, 0.1) is 6.10 Å². The van der Waals surface area contributed by atoms with Crippen LogP contribution in [0.4, 0.5) is 0 Å². The van der Waals surface area contributed by atoms with Gasteiger partial charge in [0, 0.05) is 6.61 Å². The van der Waals surface area contributed by atoms with Crippen LogP contribution >= 0.6 is 0 Å². The standard InChI is InChI=1S/C20H36O/c1-3-5-17-6-8-18(9-7-17)10-11-19-12-14-20(15-13-19)21-16-4-2/h3,5,17-20H,4,6-16H2,1-2H3/b5-3+/t17-,18-,19-,20-. The Morgan fingerprint density at radius 2 is 1.43 bits per heavy atom. The van der Waals surface area contributed by atoms with Crippen molar-refractivity contribution >= 4 is 0 Å². The van der Waals surface area contributed by atoms with Gasteiger partial charge in [-0.3, -0.25) is 0 Å². The molecular weight excluding hydrogens is 256 g/mol. The van der Waals surface area contributed by atoms with Gasteiger partial charge < -0.3 is 4.74 Å². The van der Waals surface area contributed by atoms with E-state index in [1.54, 1.807) is 0 Å². The number of hydrogen-bond donors (Lipinski definition) is 0. The molecule has 2 fully saturated rings. The average Bonchev–Trinajstić information content (AvgIpc) is 2.53. The van der Waals surface area contributed by atoms with Crippen molar-refractivity contribution in [2.24, 2.45) is 17.8 Å². The van der Waals surface area contributed by atoms with E-state index in [-0.39, 0.29) is 0 Å². The lowest BCUT2D eigenvalue weighted by Gasteiger charge is -2.31. The molecule has 2 aliphatic carbocycles. The smallest absolute Gasteiger partial charge is 0.0575 e. The quantitative estimate of drug-likeness (QED) is 0.512. The Hall–Kier alpha value is -0.300. The fourth-order valence-corrected chi connectivity index (χ4v) is 4.28. The number of rotatable bonds is 7. The molecule has 1 nitrogen and oxygen atoms in total. The molecule has 0 saturated heterocycles. The predicted octanol–water partition coefficient (Wildman–Crippen LogP) is 6.13. The van der Waals surface area contributed by atoms with Gasteiger partial charge in [-0.1, -0.05) is 31.9 Å². The molecule has 0 aromatic rings. The van der Waals surface area contributed by atoms with Crippen molar-refractivity contribution in [3.63, 3.8) is 0 Å². The Labute approximate surface area is 132 Å². The van der Waals surface area contributed by atoms with Gasteiger partial charge in [0.2, 0.25) is 0 Å². The van der Waals surface area contributed by atoms with E-state index in [9.17, 15) is 0 Å². The highest BCUT2D eigenvalue weighted by atomic mass is 16.5. The predicted molar refractivity (Wildman–Crippen MR) is 91.5 cm³/mol. The monoisotopic (exact) mass is 292 g/mol. The van der Waals surface area contributed by atoms with E-state index in [2.05, 4.69) is 26.0 Å². The van der Waals surface area contributed by atoms with Gasteiger partial charge in [-0.05, 0) is 82.5 Å². The lowest BCUT2D eigenvalue weighted by Crippen LogP contribution is -2.22. The van der Waals surface area contributed by atoms with E-state index >= 15 is 0 Å². The third kappa shape index (κ3) is 6.14. The first kappa shape index (κ1) is 17.1. The second-order valence-electron chi connectivity index (χ2n) is 7.40. The Bertz CT molecular complexity index is 280. The minimum absolute atomic E-state index is 0.581. The van der Waals surface area contributed by atoms with Crippen LogP contribution in [0.2, 0.25) is 0 Å². The first-order valence-corrected chi connectivity index (χ1v) is 9.56. The number of allylic oxidation sites excluding steroid dienone is 2. The summed E-state index contributed by atoms with van der Waals surface area (Å²) in [5, 5.41) is 0. The summed E-state index contributed by atoms with van der Waals surface area (Å²) in [6, 6.07) is 0. The number of ether oxygens (including phenoxy) is 1. The van der Waals surface area contributed by atoms with E-state index in [1.807, 2.05) is 0 Å². The Kier molecular flexibility index (Phi) is 7.85. The SMILES string of the molecule is C/C=C/[C@H]1CC[C@H](CC[C@H]2CC[C@H](OCCC)CC2)CC1. The van der Waals surface area contributed by atoms with Crippen LogP contribution in [-0.2, 0) is 4.74 Å². The van der Waals surface area contributed by atoms with Crippen LogP contribution in [0.3, 0.4) is 0 Å². The second kappa shape index (κ2) is 9.66. The fourth-order valence-electron chi connectivity index (χ4n) is 4.28. The summed E-state index contributed by atoms with van der Waals surface area (Å²) in [7, 11) is 0. The lowest BCUT2D eigenvalue weighted by atomic mass is 9.77. The third-order valence-electron chi connectivity index (χ3n) is 5.69. The van der Waals surface area contributed by atoms with Crippen molar-refractivity contribution in [2.45, 2.75) is 90.6 Å². The van der Waals surface area contributed by atoms with Crippen LogP contribution in [-0.4, -0.2) is 12.7 Å². The normalized spacial score (nSPS) is 34.4. The summed E-state index contributed by atoms with van der Waals surface area (Å²) >= 11 is 0. The maximum atomic E-state index is 5.90. The first-order valence-electron chi connectivity index (χ1n) is 9.56. The van der Waals surface area contributed by atoms with Crippen molar-refractivity contribution in [1.82, 2.24) is 0 Å². The highest BCUT2D eigenvalue weighted by molar-refractivity contribution is 4.89. The zero-order chi connectivity index (χ0) is 14.9. The molecule has 0 amide bonds. The van der Waals surface area contributed by atoms with Gasteiger partial charge in [-0.15, -0.1) is 0 Å². The molecule has 21 heavy (non-hydrogen) atoms. The second-order valence-corrected chi connectivity index (χ2v) is 7.40. The van der Waals surface area contributed by atoms with Crippen molar-refractivity contribution < 1.29 is 4.74 Å². The van der Waals surface area contributed by atoms with Crippen molar-refractivity contribution in [2.75, 3.05) is 6.61 Å². The molecule has 1 heteroatoms. The summed E-state index contributed by atoms with van der Waals surface area (Å²) in [5.41, 5.74) is 0. The van der Waals surface area contributed by atoms with Crippen LogP contribution in [0.1, 0.15) is 84.5 Å². The highest BCUT2D eigenvalue weighted by Gasteiger charge is 2.24. The summed E-state index contributed by atoms with van der Waals surface area (Å²) in [5.74, 6) is 2.91. The Morgan fingerprint density at radius 1 is 0.857 bits per heavy atom. The molecule has 0 atom stereocenters. The van der Waals surface area contributed by atoms with Crippen LogP contribution in [0.15, 0.2) is 12.2 Å². The molecule has 2 aliphatic rings. The van der Waals surface area contributed by atoms with Crippen LogP contribution in [0, 0.1) is 17.8 Å². The molecule has 0 aromatic heterocycles. The van der Waals surface area contributed by atoms with Crippen molar-refractivity contribution in [1.29, 1.82) is 0 Å². The van der Waals surface area contributed by atoms with E-state index in [4.69, 9.17) is 4.74 Å². The topological polar surface area (TPSA) is 9.23 Å². The molecular formula is C20H36O. The van der Waals surface area contributed by atoms with Gasteiger partial charge >= 0.3 is 0 Å². The average molecular weight is 293 g/mol. The summed E-state index contributed by atoms with van der Waals surface area (Å²) in [6.07, 6.45) is 20.7. The van der Waals surface area contributed by atoms with Crippen LogP contribution in [0.5, 0.6) is 0 Å². The van der Waals surface area contributed by atoms with Crippen molar-refractivity contribution in [3.05, 3.63) is 12.2 Å². The molecule has 2 rings (SSSR count). The largest absolute Gasteiger partial charge is 0.378 e. The summed E-state index contributed by atoms with van der Waals surface area (Å²) < 4.78 is 5.90. The van der Waals surface area contributed by atoms with E-state index in [1.165, 1.54) is 64.2 Å². The molecule has 122 valence electrons. The van der Waals surface area contributed by atoms with Crippen LogP contribution < -0.4 is 0 Å². The van der Waals surface area contributed by atoms with Gasteiger partial charge in [0.15, 0.2) is 0 Å². The van der Waals surface area contributed by atoms with E-state index in [0.29, 0.717) is 6.10 Å². The Morgan fingerprint density at radius 3 is 1.95 bits per heavy atom. The maximum absolute atomic E-state index is 5.90. The van der Waals surface area contributed by atoms with E-state index in [0.717, 1.165) is 30.8 Å². The van der Waals surface area contributed by atoms with Gasteiger partial charge in [0.25, 0.3) is 0 Å². The lowest BCUT2D eigenvalue weighted by molar-refractivity contribution is 0.0168. The molecule has 0 unspecified atom stereocenters. The van der Waals surface area contributed by atoms with E-state index < -0.39 is 0 Å². The number of hydrogen-bond acceptors (Lipinski definition) is 1. The molecule has 2 saturated carbocycles. The van der Waals surface area contributed by atoms with Gasteiger partial charge in [-0.25, -0.2) is 0 Å². The van der Waals surface area contributed by atoms with Crippen molar-refractivity contribution in [3.8, 4) is 0 Å².